The summed E-state index contributed by atoms with van der Waals surface area (Å²) in [6.07, 6.45) is 5.54. The Morgan fingerprint density at radius 1 is 1.07 bits per heavy atom. The Morgan fingerprint density at radius 2 is 2.00 bits per heavy atom. The van der Waals surface area contributed by atoms with Gasteiger partial charge in [-0.25, -0.2) is 4.99 Å². The Balaban J connectivity index is 1.39. The van der Waals surface area contributed by atoms with E-state index in [1.165, 1.54) is 4.88 Å². The van der Waals surface area contributed by atoms with Crippen molar-refractivity contribution in [2.24, 2.45) is 4.99 Å². The lowest BCUT2D eigenvalue weighted by Gasteiger charge is -2.13. The first-order valence-corrected chi connectivity index (χ1v) is 10.9. The molecule has 10 heteroatoms. The molecule has 0 saturated heterocycles. The maximum atomic E-state index is 4.73. The number of fused-ring (bicyclic) bond motifs is 1. The van der Waals surface area contributed by atoms with Crippen LogP contribution in [0.25, 0.3) is 5.65 Å². The van der Waals surface area contributed by atoms with Gasteiger partial charge in [-0.3, -0.25) is 4.40 Å². The van der Waals surface area contributed by atoms with E-state index < -0.39 is 0 Å². The number of aliphatic imine (C=N–C) groups is 1. The number of rotatable bonds is 9. The predicted molar refractivity (Wildman–Crippen MR) is 118 cm³/mol. The van der Waals surface area contributed by atoms with Crippen LogP contribution in [-0.4, -0.2) is 48.4 Å². The number of hydrogen-bond acceptors (Lipinski definition) is 6. The number of aryl methyl sites for hydroxylation is 1. The van der Waals surface area contributed by atoms with E-state index >= 15 is 0 Å². The number of guanidine groups is 1. The molecule has 2 N–H and O–H groups in total. The van der Waals surface area contributed by atoms with Crippen molar-refractivity contribution in [1.29, 1.82) is 0 Å². The second-order valence-electron chi connectivity index (χ2n) is 6.69. The van der Waals surface area contributed by atoms with Crippen molar-refractivity contribution in [3.63, 3.8) is 0 Å². The Kier molecular flexibility index (Phi) is 6.65. The fourth-order valence-electron chi connectivity index (χ4n) is 3.12. The standard InChI is InChI=1S/C20H25N9S/c1-2-17-25-24-15-28(17)12-10-22-20(21-9-8-16-6-5-13-30-16)23-14-19-27-26-18-7-3-4-11-29(18)19/h3-7,11,13,15H,2,8-10,12,14H2,1H3,(H2,21,22,23). The molecule has 9 nitrogen and oxygen atoms in total. The van der Waals surface area contributed by atoms with Crippen molar-refractivity contribution in [3.8, 4) is 0 Å². The molecule has 4 rings (SSSR count). The number of aromatic nitrogens is 6. The highest BCUT2D eigenvalue weighted by atomic mass is 32.1. The Hall–Kier alpha value is -3.27. The monoisotopic (exact) mass is 423 g/mol. The highest BCUT2D eigenvalue weighted by Gasteiger charge is 2.06. The summed E-state index contributed by atoms with van der Waals surface area (Å²) in [6.45, 7) is 4.81. The molecule has 0 fully saturated rings. The van der Waals surface area contributed by atoms with Crippen molar-refractivity contribution < 1.29 is 0 Å². The van der Waals surface area contributed by atoms with Gasteiger partial charge in [0.1, 0.15) is 18.7 Å². The molecule has 0 aliphatic heterocycles. The zero-order valence-electron chi connectivity index (χ0n) is 16.9. The van der Waals surface area contributed by atoms with Crippen LogP contribution in [0.15, 0.2) is 53.2 Å². The maximum Gasteiger partial charge on any atom is 0.191 e. The Bertz CT molecular complexity index is 1080. The van der Waals surface area contributed by atoms with Crippen LogP contribution in [0.3, 0.4) is 0 Å². The van der Waals surface area contributed by atoms with Crippen LogP contribution in [0.5, 0.6) is 0 Å². The largest absolute Gasteiger partial charge is 0.356 e. The predicted octanol–water partition coefficient (Wildman–Crippen LogP) is 1.92. The molecule has 30 heavy (non-hydrogen) atoms. The van der Waals surface area contributed by atoms with Crippen LogP contribution in [0.4, 0.5) is 0 Å². The first-order chi connectivity index (χ1) is 14.8. The summed E-state index contributed by atoms with van der Waals surface area (Å²) in [5.41, 5.74) is 0.822. The van der Waals surface area contributed by atoms with Crippen LogP contribution in [0.2, 0.25) is 0 Å². The van der Waals surface area contributed by atoms with Crippen LogP contribution in [-0.2, 0) is 25.9 Å². The number of hydrogen-bond donors (Lipinski definition) is 2. The highest BCUT2D eigenvalue weighted by molar-refractivity contribution is 7.09. The first-order valence-electron chi connectivity index (χ1n) is 10.0. The highest BCUT2D eigenvalue weighted by Crippen LogP contribution is 2.08. The lowest BCUT2D eigenvalue weighted by atomic mass is 10.3. The van der Waals surface area contributed by atoms with Gasteiger partial charge in [0.2, 0.25) is 0 Å². The SMILES string of the molecule is CCc1nncn1CCNC(=NCc1nnc2ccccn12)NCCc1cccs1. The van der Waals surface area contributed by atoms with Gasteiger partial charge in [0.15, 0.2) is 17.4 Å². The van der Waals surface area contributed by atoms with Crippen molar-refractivity contribution in [2.75, 3.05) is 13.1 Å². The summed E-state index contributed by atoms with van der Waals surface area (Å²) >= 11 is 1.77. The van der Waals surface area contributed by atoms with E-state index in [9.17, 15) is 0 Å². The second-order valence-corrected chi connectivity index (χ2v) is 7.72. The van der Waals surface area contributed by atoms with E-state index in [-0.39, 0.29) is 0 Å². The van der Waals surface area contributed by atoms with E-state index in [1.807, 2.05) is 28.8 Å². The zero-order valence-corrected chi connectivity index (χ0v) is 17.7. The molecule has 4 heterocycles. The number of thiophene rings is 1. The molecule has 0 aliphatic carbocycles. The third kappa shape index (κ3) is 5.01. The van der Waals surface area contributed by atoms with Gasteiger partial charge in [0, 0.05) is 37.1 Å². The topological polar surface area (TPSA) is 97.3 Å². The number of nitrogens with zero attached hydrogens (tertiary/aromatic N) is 7. The summed E-state index contributed by atoms with van der Waals surface area (Å²) in [6, 6.07) is 10.1. The molecule has 0 atom stereocenters. The average Bonchev–Trinajstić information content (AvgIpc) is 3.52. The molecule has 4 aromatic heterocycles. The molecule has 0 amide bonds. The summed E-state index contributed by atoms with van der Waals surface area (Å²) in [7, 11) is 0. The number of nitrogens with one attached hydrogen (secondary N) is 2. The van der Waals surface area contributed by atoms with E-state index in [2.05, 4.69) is 60.0 Å². The molecule has 0 saturated carbocycles. The van der Waals surface area contributed by atoms with Crippen LogP contribution in [0.1, 0.15) is 23.4 Å². The van der Waals surface area contributed by atoms with Crippen molar-refractivity contribution in [1.82, 2.24) is 40.0 Å². The average molecular weight is 424 g/mol. The van der Waals surface area contributed by atoms with Gasteiger partial charge in [0.25, 0.3) is 0 Å². The molecule has 4 aromatic rings. The van der Waals surface area contributed by atoms with E-state index in [4.69, 9.17) is 4.99 Å². The number of pyridine rings is 1. The van der Waals surface area contributed by atoms with Crippen LogP contribution < -0.4 is 10.6 Å². The van der Waals surface area contributed by atoms with Gasteiger partial charge in [-0.1, -0.05) is 19.1 Å². The van der Waals surface area contributed by atoms with Gasteiger partial charge in [-0.2, -0.15) is 0 Å². The van der Waals surface area contributed by atoms with Crippen molar-refractivity contribution in [2.45, 2.75) is 32.9 Å². The molecular formula is C20H25N9S. The van der Waals surface area contributed by atoms with E-state index in [0.717, 1.165) is 55.7 Å². The van der Waals surface area contributed by atoms with Gasteiger partial charge >= 0.3 is 0 Å². The van der Waals surface area contributed by atoms with E-state index in [1.54, 1.807) is 17.7 Å². The normalized spacial score (nSPS) is 11.8. The summed E-state index contributed by atoms with van der Waals surface area (Å²) in [5, 5.41) is 25.5. The fraction of sp³-hybridized carbons (Fsp3) is 0.350. The minimum Gasteiger partial charge on any atom is -0.356 e. The molecule has 0 aliphatic rings. The second kappa shape index (κ2) is 9.97. The third-order valence-electron chi connectivity index (χ3n) is 4.66. The van der Waals surface area contributed by atoms with E-state index in [0.29, 0.717) is 6.54 Å². The molecule has 0 radical (unpaired) electrons. The van der Waals surface area contributed by atoms with Gasteiger partial charge < -0.3 is 15.2 Å². The molecule has 156 valence electrons. The Morgan fingerprint density at radius 3 is 2.87 bits per heavy atom. The van der Waals surface area contributed by atoms with Crippen molar-refractivity contribution in [3.05, 3.63) is 64.8 Å². The Labute approximate surface area is 178 Å². The first kappa shape index (κ1) is 20.0. The summed E-state index contributed by atoms with van der Waals surface area (Å²) < 4.78 is 4.01. The third-order valence-corrected chi connectivity index (χ3v) is 5.60. The van der Waals surface area contributed by atoms with Gasteiger partial charge in [-0.05, 0) is 30.0 Å². The van der Waals surface area contributed by atoms with Gasteiger partial charge in [0.05, 0.1) is 0 Å². The maximum absolute atomic E-state index is 4.73. The molecule has 0 spiro atoms. The molecule has 0 unspecified atom stereocenters. The quantitative estimate of drug-likeness (QED) is 0.315. The minimum absolute atomic E-state index is 0.437. The fourth-order valence-corrected chi connectivity index (χ4v) is 3.82. The van der Waals surface area contributed by atoms with Crippen molar-refractivity contribution >= 4 is 22.9 Å². The zero-order chi connectivity index (χ0) is 20.6. The lowest BCUT2D eigenvalue weighted by Crippen LogP contribution is -2.40. The summed E-state index contributed by atoms with van der Waals surface area (Å²) in [5.74, 6) is 2.54. The van der Waals surface area contributed by atoms with Gasteiger partial charge in [-0.15, -0.1) is 31.7 Å². The summed E-state index contributed by atoms with van der Waals surface area (Å²) in [4.78, 5) is 6.08. The van der Waals surface area contributed by atoms with Crippen LogP contribution in [0, 0.1) is 0 Å². The molecular weight excluding hydrogens is 398 g/mol. The molecule has 0 bridgehead atoms. The lowest BCUT2D eigenvalue weighted by molar-refractivity contribution is 0.631. The van der Waals surface area contributed by atoms with Crippen LogP contribution >= 0.6 is 11.3 Å². The smallest absolute Gasteiger partial charge is 0.191 e. The molecule has 0 aromatic carbocycles. The minimum atomic E-state index is 0.437.